The Balaban J connectivity index is 0.000000391. The molecular formula is C80H84Ir4N4O8S3-4. The van der Waals surface area contributed by atoms with Gasteiger partial charge in [0.2, 0.25) is 0 Å². The first kappa shape index (κ1) is 89.2. The van der Waals surface area contributed by atoms with Crippen molar-refractivity contribution in [1.82, 2.24) is 19.9 Å². The van der Waals surface area contributed by atoms with E-state index in [2.05, 4.69) is 98.8 Å². The molecule has 0 aliphatic carbocycles. The van der Waals surface area contributed by atoms with E-state index in [9.17, 15) is 10.2 Å². The van der Waals surface area contributed by atoms with Crippen LogP contribution in [0.15, 0.2) is 255 Å². The molecule has 8 N–H and O–H groups in total. The third kappa shape index (κ3) is 34.5. The third-order valence-corrected chi connectivity index (χ3v) is 16.5. The van der Waals surface area contributed by atoms with E-state index in [-0.39, 0.29) is 117 Å². The molecule has 12 nitrogen and oxygen atoms in total. The zero-order chi connectivity index (χ0) is 68.2. The van der Waals surface area contributed by atoms with Gasteiger partial charge in [-0.3, -0.25) is 0 Å². The van der Waals surface area contributed by atoms with Crippen LogP contribution in [0.5, 0.6) is 0 Å². The second-order valence-electron chi connectivity index (χ2n) is 22.2. The van der Waals surface area contributed by atoms with Crippen molar-refractivity contribution in [2.45, 2.75) is 116 Å². The molecule has 0 fully saturated rings. The molecule has 7 aromatic heterocycles. The molecule has 19 heteroatoms. The fraction of sp³-hybridized carbons (Fsp3) is 0.225. The topological polar surface area (TPSA) is 213 Å². The summed E-state index contributed by atoms with van der Waals surface area (Å²) in [6, 6.07) is 88.4. The van der Waals surface area contributed by atoms with Gasteiger partial charge in [0.05, 0.1) is 48.8 Å². The SMILES string of the molecule is CC(O)CC(C)O.CC(O)CC(C)O.CC(O)CC(C)O.OC(CC(O)c1ccccc1)c1ccccc1.[Ir].[Ir].[Ir].[Ir].[c-]1c(-c2ccccn2)sc2ccccc12.[c-]1c(-c2ccccn2)sc2ccccc12.[c-]1c(-c2ccccn2)sc2ccccc12.[c-]1ccccc1-c1ccccn1. The molecule has 0 aliphatic rings. The number of aromatic nitrogens is 4. The van der Waals surface area contributed by atoms with E-state index in [0.717, 1.165) is 54.1 Å². The molecule has 0 aliphatic heterocycles. The van der Waals surface area contributed by atoms with Crippen LogP contribution in [0.2, 0.25) is 0 Å². The minimum Gasteiger partial charge on any atom is -0.393 e. The van der Waals surface area contributed by atoms with Crippen LogP contribution in [-0.2, 0) is 80.4 Å². The number of benzene rings is 6. The second-order valence-corrected chi connectivity index (χ2v) is 25.3. The van der Waals surface area contributed by atoms with Crippen LogP contribution in [0.1, 0.15) is 90.6 Å². The molecule has 0 saturated heterocycles. The Labute approximate surface area is 649 Å². The molecule has 8 unspecified atom stereocenters. The van der Waals surface area contributed by atoms with Gasteiger partial charge < -0.3 is 60.8 Å². The molecule has 13 rings (SSSR count). The number of thiophene rings is 3. The molecule has 0 spiro atoms. The number of pyridine rings is 4. The van der Waals surface area contributed by atoms with Gasteiger partial charge in [-0.15, -0.1) is 107 Å². The zero-order valence-electron chi connectivity index (χ0n) is 55.6. The van der Waals surface area contributed by atoms with E-state index in [1.165, 1.54) is 30.3 Å². The maximum absolute atomic E-state index is 9.99. The Hall–Kier alpha value is -5.92. The number of nitrogens with zero attached hydrogens (tertiary/aromatic N) is 4. The van der Waals surface area contributed by atoms with Crippen molar-refractivity contribution in [3.05, 3.63) is 291 Å². The van der Waals surface area contributed by atoms with Crippen molar-refractivity contribution in [2.75, 3.05) is 0 Å². The molecule has 13 aromatic rings. The fourth-order valence-corrected chi connectivity index (χ4v) is 11.9. The monoisotopic (exact) mass is 2100 g/mol. The van der Waals surface area contributed by atoms with Gasteiger partial charge >= 0.3 is 0 Å². The van der Waals surface area contributed by atoms with Crippen LogP contribution in [0.25, 0.3) is 73.2 Å². The predicted molar refractivity (Wildman–Crippen MR) is 392 cm³/mol. The smallest absolute Gasteiger partial charge is 0.0818 e. The molecular weight excluding hydrogens is 2010 g/mol. The summed E-state index contributed by atoms with van der Waals surface area (Å²) in [4.78, 5) is 20.5. The largest absolute Gasteiger partial charge is 0.393 e. The summed E-state index contributed by atoms with van der Waals surface area (Å²) in [6.07, 6.45) is 5.44. The van der Waals surface area contributed by atoms with Crippen LogP contribution in [0.4, 0.5) is 0 Å². The van der Waals surface area contributed by atoms with E-state index >= 15 is 0 Å². The van der Waals surface area contributed by atoms with E-state index < -0.39 is 12.2 Å². The van der Waals surface area contributed by atoms with Crippen molar-refractivity contribution >= 4 is 64.3 Å². The van der Waals surface area contributed by atoms with Crippen molar-refractivity contribution in [1.29, 1.82) is 0 Å². The number of hydrogen-bond donors (Lipinski definition) is 8. The maximum atomic E-state index is 9.99. The summed E-state index contributed by atoms with van der Waals surface area (Å²) in [5, 5.41) is 74.9. The van der Waals surface area contributed by atoms with E-state index in [1.54, 1.807) is 81.7 Å². The summed E-state index contributed by atoms with van der Waals surface area (Å²) in [5.74, 6) is 0. The second kappa shape index (κ2) is 50.4. The van der Waals surface area contributed by atoms with Crippen LogP contribution in [-0.4, -0.2) is 97.4 Å². The fourth-order valence-electron chi connectivity index (χ4n) is 8.98. The van der Waals surface area contributed by atoms with Gasteiger partial charge in [0, 0.05) is 129 Å². The van der Waals surface area contributed by atoms with Gasteiger partial charge in [-0.1, -0.05) is 146 Å². The molecule has 8 atom stereocenters. The van der Waals surface area contributed by atoms with E-state index in [1.807, 2.05) is 195 Å². The maximum Gasteiger partial charge on any atom is 0.0818 e. The Morgan fingerprint density at radius 1 is 0.293 bits per heavy atom. The van der Waals surface area contributed by atoms with Crippen molar-refractivity contribution in [2.24, 2.45) is 0 Å². The average Bonchev–Trinajstić information content (AvgIpc) is 1.70. The van der Waals surface area contributed by atoms with Gasteiger partial charge in [-0.25, -0.2) is 34.0 Å². The van der Waals surface area contributed by atoms with Crippen molar-refractivity contribution in [3.8, 4) is 43.0 Å². The first-order valence-corrected chi connectivity index (χ1v) is 33.8. The average molecular weight is 2090 g/mol. The summed E-state index contributed by atoms with van der Waals surface area (Å²) in [5.41, 5.74) is 6.68. The molecule has 7 heterocycles. The van der Waals surface area contributed by atoms with E-state index in [0.29, 0.717) is 25.7 Å². The quantitative estimate of drug-likeness (QED) is 0.0478. The summed E-state index contributed by atoms with van der Waals surface area (Å²) in [7, 11) is 0. The van der Waals surface area contributed by atoms with Crippen molar-refractivity contribution < 1.29 is 121 Å². The molecule has 0 saturated carbocycles. The molecule has 0 bridgehead atoms. The van der Waals surface area contributed by atoms with Crippen LogP contribution in [0, 0.1) is 24.3 Å². The van der Waals surface area contributed by atoms with Gasteiger partial charge in [0.15, 0.2) is 0 Å². The molecule has 530 valence electrons. The van der Waals surface area contributed by atoms with Crippen LogP contribution >= 0.6 is 34.0 Å². The first-order chi connectivity index (χ1) is 45.9. The summed E-state index contributed by atoms with van der Waals surface area (Å²) < 4.78 is 3.79. The number of rotatable bonds is 14. The first-order valence-electron chi connectivity index (χ1n) is 31.3. The van der Waals surface area contributed by atoms with Gasteiger partial charge in [-0.2, -0.15) is 0 Å². The standard InChI is InChI=1S/C15H16O2.3C13H8NS.C11H8N.3C5H12O2.4Ir/c16-14(12-7-3-1-4-8-12)11-15(17)13-9-5-2-6-10-13;3*1-2-7-12-10(5-1)9-13(15-12)11-6-3-4-8-14-11;1-2-6-10(7-3-1)11-8-4-5-9-12-11;3*1-4(6)3-5(2)7;;;;/h1-10,14-17H,11H2;3*1-8H;1-6,8-9H;3*4-7H,3H2,1-2H3;;;;/q;4*-1;;;;;;;. The number of fused-ring (bicyclic) bond motifs is 3. The minimum atomic E-state index is -0.633. The Bertz CT molecular complexity index is 3620. The summed E-state index contributed by atoms with van der Waals surface area (Å²) >= 11 is 5.20. The van der Waals surface area contributed by atoms with Crippen molar-refractivity contribution in [3.63, 3.8) is 0 Å². The Kier molecular flexibility index (Phi) is 45.4. The normalized spacial score (nSPS) is 12.5. The van der Waals surface area contributed by atoms with Gasteiger partial charge in [0.1, 0.15) is 0 Å². The summed E-state index contributed by atoms with van der Waals surface area (Å²) in [6.45, 7) is 9.96. The minimum absolute atomic E-state index is 0. The van der Waals surface area contributed by atoms with Gasteiger partial charge in [0.25, 0.3) is 0 Å². The molecule has 4 radical (unpaired) electrons. The number of hydrogen-bond acceptors (Lipinski definition) is 15. The van der Waals surface area contributed by atoms with Crippen LogP contribution in [0.3, 0.4) is 0 Å². The van der Waals surface area contributed by atoms with E-state index in [4.69, 9.17) is 30.6 Å². The predicted octanol–water partition coefficient (Wildman–Crippen LogP) is 17.1. The number of aliphatic hydroxyl groups is 8. The van der Waals surface area contributed by atoms with Gasteiger partial charge in [-0.05, 0) is 131 Å². The Morgan fingerprint density at radius 3 is 0.798 bits per heavy atom. The molecule has 0 amide bonds. The molecule has 6 aromatic carbocycles. The Morgan fingerprint density at radius 2 is 0.556 bits per heavy atom. The molecule has 99 heavy (non-hydrogen) atoms. The van der Waals surface area contributed by atoms with Crippen LogP contribution < -0.4 is 0 Å². The number of aliphatic hydroxyl groups excluding tert-OH is 8. The zero-order valence-corrected chi connectivity index (χ0v) is 67.7. The third-order valence-electron chi connectivity index (χ3n) is 13.2.